The van der Waals surface area contributed by atoms with E-state index >= 15 is 0 Å². The number of hydrogen-bond donors (Lipinski definition) is 1. The molecule has 0 amide bonds. The third kappa shape index (κ3) is 2.06. The highest BCUT2D eigenvalue weighted by atomic mass is 16.5. The second-order valence-electron chi connectivity index (χ2n) is 2.34. The van der Waals surface area contributed by atoms with E-state index in [0.29, 0.717) is 19.7 Å². The molecule has 0 aliphatic carbocycles. The summed E-state index contributed by atoms with van der Waals surface area (Å²) in [5.74, 6) is 0. The molecule has 4 heteroatoms. The van der Waals surface area contributed by atoms with E-state index in [-0.39, 0.29) is 6.23 Å². The quantitative estimate of drug-likeness (QED) is 0.495. The van der Waals surface area contributed by atoms with Gasteiger partial charge in [-0.05, 0) is 0 Å². The van der Waals surface area contributed by atoms with Gasteiger partial charge in [-0.3, -0.25) is 4.90 Å². The monoisotopic (exact) mass is 144 g/mol. The Morgan fingerprint density at radius 3 is 3.20 bits per heavy atom. The predicted molar refractivity (Wildman–Crippen MR) is 36.4 cm³/mol. The Morgan fingerprint density at radius 1 is 1.80 bits per heavy atom. The van der Waals surface area contributed by atoms with Gasteiger partial charge in [0.25, 0.3) is 0 Å². The molecule has 0 saturated carbocycles. The van der Waals surface area contributed by atoms with Crippen molar-refractivity contribution < 1.29 is 9.53 Å². The smallest absolute Gasteiger partial charge is 0.133 e. The first-order valence-electron chi connectivity index (χ1n) is 3.36. The molecule has 0 aromatic heterocycles. The summed E-state index contributed by atoms with van der Waals surface area (Å²) in [6.07, 6.45) is 0.673. The second-order valence-corrected chi connectivity index (χ2v) is 2.34. The summed E-state index contributed by atoms with van der Waals surface area (Å²) >= 11 is 0. The predicted octanol–water partition coefficient (Wildman–Crippen LogP) is -1.20. The van der Waals surface area contributed by atoms with Crippen LogP contribution in [-0.4, -0.2) is 43.7 Å². The molecule has 0 aromatic rings. The van der Waals surface area contributed by atoms with E-state index in [1.54, 1.807) is 0 Å². The standard InChI is InChI=1S/C6H12N2O2/c7-6-5-8(1-3-9)2-4-10-6/h3,6H,1-2,4-5,7H2. The van der Waals surface area contributed by atoms with Crippen LogP contribution in [0.25, 0.3) is 0 Å². The molecule has 1 aliphatic rings. The highest BCUT2D eigenvalue weighted by Gasteiger charge is 2.15. The molecule has 1 atom stereocenters. The van der Waals surface area contributed by atoms with Gasteiger partial charge in [-0.2, -0.15) is 0 Å². The Hall–Kier alpha value is -0.450. The molecular weight excluding hydrogens is 132 g/mol. The van der Waals surface area contributed by atoms with E-state index in [1.165, 1.54) is 0 Å². The van der Waals surface area contributed by atoms with Gasteiger partial charge in [-0.25, -0.2) is 0 Å². The summed E-state index contributed by atoms with van der Waals surface area (Å²) in [4.78, 5) is 12.0. The zero-order valence-electron chi connectivity index (χ0n) is 5.82. The first-order chi connectivity index (χ1) is 4.83. The van der Waals surface area contributed by atoms with Crippen LogP contribution < -0.4 is 5.73 Å². The van der Waals surface area contributed by atoms with Gasteiger partial charge in [0.2, 0.25) is 0 Å². The van der Waals surface area contributed by atoms with Gasteiger partial charge in [0.1, 0.15) is 12.5 Å². The molecule has 0 radical (unpaired) electrons. The lowest BCUT2D eigenvalue weighted by molar-refractivity contribution is -0.110. The van der Waals surface area contributed by atoms with Gasteiger partial charge >= 0.3 is 0 Å². The minimum absolute atomic E-state index is 0.214. The lowest BCUT2D eigenvalue weighted by Crippen LogP contribution is -2.47. The summed E-state index contributed by atoms with van der Waals surface area (Å²) in [5, 5.41) is 0. The van der Waals surface area contributed by atoms with Crippen molar-refractivity contribution in [3.63, 3.8) is 0 Å². The number of morpholine rings is 1. The van der Waals surface area contributed by atoms with Crippen LogP contribution in [0.5, 0.6) is 0 Å². The van der Waals surface area contributed by atoms with Gasteiger partial charge in [0.05, 0.1) is 13.2 Å². The maximum Gasteiger partial charge on any atom is 0.133 e. The molecule has 1 heterocycles. The molecule has 4 nitrogen and oxygen atoms in total. The molecule has 58 valence electrons. The fourth-order valence-electron chi connectivity index (χ4n) is 1.00. The molecule has 0 spiro atoms. The van der Waals surface area contributed by atoms with Gasteiger partial charge in [-0.1, -0.05) is 0 Å². The Balaban J connectivity index is 2.24. The van der Waals surface area contributed by atoms with Crippen molar-refractivity contribution in [3.8, 4) is 0 Å². The number of nitrogens with two attached hydrogens (primary N) is 1. The Morgan fingerprint density at radius 2 is 2.60 bits per heavy atom. The van der Waals surface area contributed by atoms with E-state index in [2.05, 4.69) is 0 Å². The van der Waals surface area contributed by atoms with Crippen molar-refractivity contribution in [3.05, 3.63) is 0 Å². The maximum atomic E-state index is 10.1. The molecule has 1 aliphatic heterocycles. The number of hydrogen-bond acceptors (Lipinski definition) is 4. The van der Waals surface area contributed by atoms with Crippen LogP contribution in [0.3, 0.4) is 0 Å². The molecule has 1 unspecified atom stereocenters. The van der Waals surface area contributed by atoms with Crippen molar-refractivity contribution in [1.29, 1.82) is 0 Å². The molecule has 1 fully saturated rings. The topological polar surface area (TPSA) is 55.6 Å². The zero-order chi connectivity index (χ0) is 7.40. The molecule has 0 bridgehead atoms. The fraction of sp³-hybridized carbons (Fsp3) is 0.833. The fourth-order valence-corrected chi connectivity index (χ4v) is 1.00. The van der Waals surface area contributed by atoms with Crippen LogP contribution in [0.4, 0.5) is 0 Å². The number of carbonyl (C=O) groups excluding carboxylic acids is 1. The average molecular weight is 144 g/mol. The Bertz CT molecular complexity index is 118. The van der Waals surface area contributed by atoms with Crippen molar-refractivity contribution >= 4 is 6.29 Å². The maximum absolute atomic E-state index is 10.1. The highest BCUT2D eigenvalue weighted by molar-refractivity contribution is 5.51. The minimum atomic E-state index is -0.214. The zero-order valence-corrected chi connectivity index (χ0v) is 5.82. The number of nitrogens with zero attached hydrogens (tertiary/aromatic N) is 1. The first-order valence-corrected chi connectivity index (χ1v) is 3.36. The van der Waals surface area contributed by atoms with E-state index in [1.807, 2.05) is 4.90 Å². The van der Waals surface area contributed by atoms with Crippen molar-refractivity contribution in [2.75, 3.05) is 26.2 Å². The van der Waals surface area contributed by atoms with Crippen molar-refractivity contribution in [1.82, 2.24) is 4.90 Å². The summed E-state index contributed by atoms with van der Waals surface area (Å²) in [7, 11) is 0. The largest absolute Gasteiger partial charge is 0.361 e. The second kappa shape index (κ2) is 3.65. The minimum Gasteiger partial charge on any atom is -0.361 e. The van der Waals surface area contributed by atoms with Gasteiger partial charge < -0.3 is 15.3 Å². The average Bonchev–Trinajstić information content (AvgIpc) is 1.88. The first kappa shape index (κ1) is 7.65. The van der Waals surface area contributed by atoms with Gasteiger partial charge in [0.15, 0.2) is 0 Å². The van der Waals surface area contributed by atoms with Crippen molar-refractivity contribution in [2.24, 2.45) is 5.73 Å². The van der Waals surface area contributed by atoms with Crippen LogP contribution in [-0.2, 0) is 9.53 Å². The molecule has 1 saturated heterocycles. The highest BCUT2D eigenvalue weighted by Crippen LogP contribution is 1.98. The van der Waals surface area contributed by atoms with Gasteiger partial charge in [-0.15, -0.1) is 0 Å². The van der Waals surface area contributed by atoms with Gasteiger partial charge in [0, 0.05) is 13.1 Å². The molecular formula is C6H12N2O2. The lowest BCUT2D eigenvalue weighted by atomic mass is 10.4. The summed E-state index contributed by atoms with van der Waals surface area (Å²) in [6, 6.07) is 0. The normalized spacial score (nSPS) is 28.3. The molecule has 2 N–H and O–H groups in total. The lowest BCUT2D eigenvalue weighted by Gasteiger charge is -2.28. The molecule has 10 heavy (non-hydrogen) atoms. The molecule has 1 rings (SSSR count). The van der Waals surface area contributed by atoms with Crippen LogP contribution in [0, 0.1) is 0 Å². The third-order valence-corrected chi connectivity index (χ3v) is 1.51. The number of rotatable bonds is 2. The van der Waals surface area contributed by atoms with Crippen LogP contribution >= 0.6 is 0 Å². The van der Waals surface area contributed by atoms with Crippen LogP contribution in [0.1, 0.15) is 0 Å². The van der Waals surface area contributed by atoms with E-state index in [9.17, 15) is 4.79 Å². The Kier molecular flexibility index (Phi) is 2.80. The van der Waals surface area contributed by atoms with E-state index in [0.717, 1.165) is 12.8 Å². The number of aldehydes is 1. The third-order valence-electron chi connectivity index (χ3n) is 1.51. The van der Waals surface area contributed by atoms with Crippen molar-refractivity contribution in [2.45, 2.75) is 6.23 Å². The Labute approximate surface area is 59.9 Å². The van der Waals surface area contributed by atoms with Crippen LogP contribution in [0.15, 0.2) is 0 Å². The summed E-state index contributed by atoms with van der Waals surface area (Å²) in [6.45, 7) is 2.58. The number of ether oxygens (including phenoxy) is 1. The molecule has 0 aromatic carbocycles. The van der Waals surface area contributed by atoms with Crippen LogP contribution in [0.2, 0.25) is 0 Å². The summed E-state index contributed by atoms with van der Waals surface area (Å²) < 4.78 is 5.07. The SMILES string of the molecule is NC1CN(CC=O)CCO1. The van der Waals surface area contributed by atoms with E-state index < -0.39 is 0 Å². The number of carbonyl (C=O) groups is 1. The van der Waals surface area contributed by atoms with E-state index in [4.69, 9.17) is 10.5 Å². The summed E-state index contributed by atoms with van der Waals surface area (Å²) in [5.41, 5.74) is 5.48.